The molecule has 0 amide bonds. The predicted octanol–water partition coefficient (Wildman–Crippen LogP) is 5.90. The van der Waals surface area contributed by atoms with Gasteiger partial charge >= 0.3 is 6.18 Å². The summed E-state index contributed by atoms with van der Waals surface area (Å²) in [6.07, 6.45) is -3.29. The lowest BCUT2D eigenvalue weighted by Crippen LogP contribution is -2.51. The Kier molecular flexibility index (Phi) is 5.77. The van der Waals surface area contributed by atoms with Crippen molar-refractivity contribution in [3.05, 3.63) is 58.7 Å². The molecule has 3 aromatic rings. The number of thiazole rings is 1. The Labute approximate surface area is 179 Å². The van der Waals surface area contributed by atoms with E-state index in [2.05, 4.69) is 53.8 Å². The molecule has 30 heavy (non-hydrogen) atoms. The molecule has 0 aliphatic carbocycles. The maximum absolute atomic E-state index is 13.0. The maximum atomic E-state index is 13.0. The number of hydrogen-bond acceptors (Lipinski definition) is 4. The minimum atomic E-state index is -4.33. The van der Waals surface area contributed by atoms with Crippen LogP contribution < -0.4 is 4.90 Å². The van der Waals surface area contributed by atoms with Gasteiger partial charge in [0.2, 0.25) is 0 Å². The van der Waals surface area contributed by atoms with Crippen molar-refractivity contribution < 1.29 is 13.2 Å². The SMILES string of the molecule is CCc1cc(C)cc(CN2CCN(c3nc4ccc(C(F)(F)F)cc4s3)[C@H](C)C2)c1. The van der Waals surface area contributed by atoms with Crippen LogP contribution in [0.15, 0.2) is 36.4 Å². The van der Waals surface area contributed by atoms with E-state index in [0.717, 1.165) is 43.8 Å². The summed E-state index contributed by atoms with van der Waals surface area (Å²) < 4.78 is 39.6. The monoisotopic (exact) mass is 433 g/mol. The molecule has 1 aliphatic heterocycles. The normalized spacial score (nSPS) is 18.3. The highest BCUT2D eigenvalue weighted by Crippen LogP contribution is 2.36. The minimum absolute atomic E-state index is 0.247. The molecule has 1 aromatic heterocycles. The van der Waals surface area contributed by atoms with Gasteiger partial charge < -0.3 is 4.90 Å². The minimum Gasteiger partial charge on any atom is -0.343 e. The van der Waals surface area contributed by atoms with Crippen LogP contribution >= 0.6 is 11.3 Å². The lowest BCUT2D eigenvalue weighted by Gasteiger charge is -2.39. The number of rotatable bonds is 4. The lowest BCUT2D eigenvalue weighted by atomic mass is 10.0. The van der Waals surface area contributed by atoms with Gasteiger partial charge in [0.05, 0.1) is 15.8 Å². The molecule has 160 valence electrons. The van der Waals surface area contributed by atoms with E-state index in [1.54, 1.807) is 0 Å². The third-order valence-corrected chi connectivity index (χ3v) is 6.73. The van der Waals surface area contributed by atoms with Crippen LogP contribution in [0.5, 0.6) is 0 Å². The molecule has 1 aliphatic rings. The van der Waals surface area contributed by atoms with Crippen LogP contribution in [-0.4, -0.2) is 35.6 Å². The first-order chi connectivity index (χ1) is 14.2. The van der Waals surface area contributed by atoms with Crippen LogP contribution in [0.3, 0.4) is 0 Å². The zero-order valence-corrected chi connectivity index (χ0v) is 18.3. The van der Waals surface area contributed by atoms with Gasteiger partial charge in [-0.05, 0) is 49.6 Å². The molecule has 2 aromatic carbocycles. The Hall–Kier alpha value is -2.12. The molecule has 7 heteroatoms. The molecule has 1 saturated heterocycles. The first-order valence-corrected chi connectivity index (χ1v) is 11.1. The number of benzene rings is 2. The summed E-state index contributed by atoms with van der Waals surface area (Å²) in [5.41, 5.74) is 4.01. The molecule has 0 radical (unpaired) electrons. The van der Waals surface area contributed by atoms with Crippen molar-refractivity contribution in [3.63, 3.8) is 0 Å². The van der Waals surface area contributed by atoms with Gasteiger partial charge in [-0.15, -0.1) is 0 Å². The Morgan fingerprint density at radius 2 is 1.87 bits per heavy atom. The molecule has 0 spiro atoms. The van der Waals surface area contributed by atoms with E-state index < -0.39 is 11.7 Å². The fourth-order valence-electron chi connectivity index (χ4n) is 4.17. The Morgan fingerprint density at radius 1 is 1.10 bits per heavy atom. The van der Waals surface area contributed by atoms with Crippen molar-refractivity contribution in [2.24, 2.45) is 0 Å². The molecular weight excluding hydrogens is 407 g/mol. The summed E-state index contributed by atoms with van der Waals surface area (Å²) in [7, 11) is 0. The predicted molar refractivity (Wildman–Crippen MR) is 117 cm³/mol. The van der Waals surface area contributed by atoms with Gasteiger partial charge in [0, 0.05) is 32.2 Å². The molecule has 4 rings (SSSR count). The van der Waals surface area contributed by atoms with Crippen molar-refractivity contribution >= 4 is 26.7 Å². The largest absolute Gasteiger partial charge is 0.416 e. The van der Waals surface area contributed by atoms with Crippen molar-refractivity contribution in [3.8, 4) is 0 Å². The van der Waals surface area contributed by atoms with E-state index in [9.17, 15) is 13.2 Å². The molecule has 2 heterocycles. The van der Waals surface area contributed by atoms with E-state index in [0.29, 0.717) is 10.2 Å². The van der Waals surface area contributed by atoms with Crippen molar-refractivity contribution in [2.75, 3.05) is 24.5 Å². The summed E-state index contributed by atoms with van der Waals surface area (Å²) in [6, 6.07) is 10.8. The number of anilines is 1. The summed E-state index contributed by atoms with van der Waals surface area (Å²) in [4.78, 5) is 9.29. The van der Waals surface area contributed by atoms with E-state index >= 15 is 0 Å². The smallest absolute Gasteiger partial charge is 0.343 e. The molecule has 0 N–H and O–H groups in total. The quantitative estimate of drug-likeness (QED) is 0.511. The van der Waals surface area contributed by atoms with E-state index in [1.165, 1.54) is 40.2 Å². The number of halogens is 3. The van der Waals surface area contributed by atoms with E-state index in [4.69, 9.17) is 0 Å². The second kappa shape index (κ2) is 8.19. The average molecular weight is 434 g/mol. The van der Waals surface area contributed by atoms with E-state index in [-0.39, 0.29) is 6.04 Å². The van der Waals surface area contributed by atoms with Gasteiger partial charge in [-0.2, -0.15) is 13.2 Å². The molecular formula is C23H26F3N3S. The zero-order chi connectivity index (χ0) is 21.5. The first-order valence-electron chi connectivity index (χ1n) is 10.3. The highest BCUT2D eigenvalue weighted by Gasteiger charge is 2.31. The third kappa shape index (κ3) is 4.47. The van der Waals surface area contributed by atoms with Crippen LogP contribution in [0, 0.1) is 6.92 Å². The van der Waals surface area contributed by atoms with Gasteiger partial charge in [-0.25, -0.2) is 4.98 Å². The topological polar surface area (TPSA) is 19.4 Å². The highest BCUT2D eigenvalue weighted by molar-refractivity contribution is 7.22. The van der Waals surface area contributed by atoms with Crippen LogP contribution in [0.25, 0.3) is 10.2 Å². The van der Waals surface area contributed by atoms with Crippen LogP contribution in [0.1, 0.15) is 36.1 Å². The average Bonchev–Trinajstić information content (AvgIpc) is 3.09. The zero-order valence-electron chi connectivity index (χ0n) is 17.5. The van der Waals surface area contributed by atoms with Gasteiger partial charge in [-0.1, -0.05) is 42.0 Å². The third-order valence-electron chi connectivity index (χ3n) is 5.67. The van der Waals surface area contributed by atoms with Gasteiger partial charge in [0.1, 0.15) is 0 Å². The molecule has 0 bridgehead atoms. The summed E-state index contributed by atoms with van der Waals surface area (Å²) >= 11 is 1.35. The fraction of sp³-hybridized carbons (Fsp3) is 0.435. The molecule has 1 atom stereocenters. The molecule has 0 unspecified atom stereocenters. The highest BCUT2D eigenvalue weighted by atomic mass is 32.1. The number of nitrogens with zero attached hydrogens (tertiary/aromatic N) is 3. The Bertz CT molecular complexity index is 1040. The number of piperazine rings is 1. The number of alkyl halides is 3. The first kappa shape index (κ1) is 21.1. The lowest BCUT2D eigenvalue weighted by molar-refractivity contribution is -0.137. The molecule has 3 nitrogen and oxygen atoms in total. The van der Waals surface area contributed by atoms with Crippen LogP contribution in [-0.2, 0) is 19.1 Å². The number of fused-ring (bicyclic) bond motifs is 1. The molecule has 1 fully saturated rings. The second-order valence-corrected chi connectivity index (χ2v) is 9.14. The van der Waals surface area contributed by atoms with Gasteiger partial charge in [0.15, 0.2) is 5.13 Å². The van der Waals surface area contributed by atoms with Crippen LogP contribution in [0.2, 0.25) is 0 Å². The van der Waals surface area contributed by atoms with Crippen molar-refractivity contribution in [2.45, 2.75) is 46.0 Å². The Balaban J connectivity index is 1.47. The maximum Gasteiger partial charge on any atom is 0.416 e. The Morgan fingerprint density at radius 3 is 2.57 bits per heavy atom. The number of aromatic nitrogens is 1. The van der Waals surface area contributed by atoms with Crippen molar-refractivity contribution in [1.82, 2.24) is 9.88 Å². The summed E-state index contributed by atoms with van der Waals surface area (Å²) in [5, 5.41) is 0.806. The summed E-state index contributed by atoms with van der Waals surface area (Å²) in [6.45, 7) is 10.0. The molecule has 0 saturated carbocycles. The fourth-order valence-corrected chi connectivity index (χ4v) is 5.31. The number of aryl methyl sites for hydroxylation is 2. The van der Waals surface area contributed by atoms with Gasteiger partial charge in [0.25, 0.3) is 0 Å². The van der Waals surface area contributed by atoms with Crippen molar-refractivity contribution in [1.29, 1.82) is 0 Å². The van der Waals surface area contributed by atoms with E-state index in [1.807, 2.05) is 0 Å². The second-order valence-electron chi connectivity index (χ2n) is 8.13. The number of hydrogen-bond donors (Lipinski definition) is 0. The van der Waals surface area contributed by atoms with Gasteiger partial charge in [-0.3, -0.25) is 4.90 Å². The van der Waals surface area contributed by atoms with Crippen LogP contribution in [0.4, 0.5) is 18.3 Å². The summed E-state index contributed by atoms with van der Waals surface area (Å²) in [5.74, 6) is 0. The standard InChI is InChI=1S/C23H26F3N3S/c1-4-17-9-15(2)10-18(11-17)14-28-7-8-29(16(3)13-28)22-27-20-6-5-19(23(24,25)26)12-21(20)30-22/h5-6,9-12,16H,4,7-8,13-14H2,1-3H3/t16-/m1/s1.